The van der Waals surface area contributed by atoms with Crippen molar-refractivity contribution in [3.05, 3.63) is 24.0 Å². The smallest absolute Gasteiger partial charge is 0.301 e. The topological polar surface area (TPSA) is 86.0 Å². The largest absolute Gasteiger partial charge is 0.339 e. The molecule has 1 aliphatic carbocycles. The molecule has 0 radical (unpaired) electrons. The van der Waals surface area contributed by atoms with Gasteiger partial charge >= 0.3 is 6.08 Å². The molecule has 0 aliphatic heterocycles. The summed E-state index contributed by atoms with van der Waals surface area (Å²) in [6.45, 7) is 0. The molecule has 1 saturated carbocycles. The van der Waals surface area contributed by atoms with Crippen molar-refractivity contribution < 1.29 is 26.1 Å². The summed E-state index contributed by atoms with van der Waals surface area (Å²) < 4.78 is 65.7. The average molecular weight is 379 g/mol. The molecule has 24 heavy (non-hydrogen) atoms. The minimum absolute atomic E-state index is 0.233. The van der Waals surface area contributed by atoms with E-state index in [1.807, 2.05) is 0 Å². The van der Waals surface area contributed by atoms with Gasteiger partial charge in [-0.25, -0.2) is 17.8 Å². The predicted molar refractivity (Wildman–Crippen MR) is 79.0 cm³/mol. The summed E-state index contributed by atoms with van der Waals surface area (Å²) in [4.78, 5) is 8.37. The van der Waals surface area contributed by atoms with E-state index in [0.717, 1.165) is 30.6 Å². The first-order valence-electron chi connectivity index (χ1n) is 7.09. The molecule has 0 aromatic carbocycles. The number of nitrogens with zero attached hydrogens (tertiary/aromatic N) is 3. The number of aromatic nitrogens is 3. The van der Waals surface area contributed by atoms with Crippen molar-refractivity contribution in [3.8, 4) is 10.7 Å². The van der Waals surface area contributed by atoms with E-state index in [1.54, 1.807) is 0 Å². The Labute approximate surface area is 139 Å². The lowest BCUT2D eigenvalue weighted by Gasteiger charge is -2.20. The summed E-state index contributed by atoms with van der Waals surface area (Å²) in [5, 5.41) is 3.81. The summed E-state index contributed by atoms with van der Waals surface area (Å²) in [5.74, 6) is -1.54. The molecule has 0 atom stereocenters. The maximum absolute atomic E-state index is 12.8. The van der Waals surface area contributed by atoms with Crippen LogP contribution in [0, 0.1) is 0 Å². The van der Waals surface area contributed by atoms with E-state index in [-0.39, 0.29) is 16.1 Å². The molecule has 2 heterocycles. The lowest BCUT2D eigenvalue weighted by Crippen LogP contribution is -2.08. The highest BCUT2D eigenvalue weighted by molar-refractivity contribution is 7.93. The number of hydrogen-bond donors (Lipinski definition) is 0. The second kappa shape index (κ2) is 6.63. The highest BCUT2D eigenvalue weighted by Gasteiger charge is 2.27. The van der Waals surface area contributed by atoms with Gasteiger partial charge in [-0.2, -0.15) is 13.8 Å². The third kappa shape index (κ3) is 3.51. The zero-order chi connectivity index (χ0) is 17.3. The number of hydrogen-bond acceptors (Lipinski definition) is 7. The standard InChI is InChI=1S/C13H12F3N3O3S2/c14-8(10(15)16)4-5-24(20,21)13-17-6-9(23-13)11-18-12(22-19-11)7-2-1-3-7/h6-7H,1-5H2. The molecule has 0 saturated heterocycles. The lowest BCUT2D eigenvalue weighted by atomic mass is 9.85. The maximum Gasteiger partial charge on any atom is 0.301 e. The number of halogens is 3. The summed E-state index contributed by atoms with van der Waals surface area (Å²) in [7, 11) is -3.97. The molecular weight excluding hydrogens is 367 g/mol. The van der Waals surface area contributed by atoms with Crippen molar-refractivity contribution in [1.82, 2.24) is 15.1 Å². The molecule has 0 amide bonds. The number of allylic oxidation sites excluding steroid dienone is 1. The van der Waals surface area contributed by atoms with Gasteiger partial charge in [0.1, 0.15) is 0 Å². The van der Waals surface area contributed by atoms with Gasteiger partial charge in [-0.05, 0) is 12.8 Å². The van der Waals surface area contributed by atoms with Crippen LogP contribution in [-0.4, -0.2) is 29.3 Å². The fourth-order valence-corrected chi connectivity index (χ4v) is 4.50. The molecule has 6 nitrogen and oxygen atoms in total. The quantitative estimate of drug-likeness (QED) is 0.761. The van der Waals surface area contributed by atoms with Crippen molar-refractivity contribution in [3.63, 3.8) is 0 Å². The van der Waals surface area contributed by atoms with Gasteiger partial charge < -0.3 is 4.52 Å². The maximum atomic E-state index is 12.8. The molecule has 2 aromatic heterocycles. The fourth-order valence-electron chi connectivity index (χ4n) is 2.07. The minimum Gasteiger partial charge on any atom is -0.339 e. The third-order valence-corrected chi connectivity index (χ3v) is 6.84. The van der Waals surface area contributed by atoms with E-state index >= 15 is 0 Å². The first-order valence-corrected chi connectivity index (χ1v) is 9.56. The minimum atomic E-state index is -3.97. The van der Waals surface area contributed by atoms with Crippen LogP contribution in [0.2, 0.25) is 0 Å². The van der Waals surface area contributed by atoms with Crippen molar-refractivity contribution in [1.29, 1.82) is 0 Å². The molecule has 11 heteroatoms. The first kappa shape index (κ1) is 17.1. The SMILES string of the molecule is O=S(=O)(CCC(F)=C(F)F)c1ncc(-c2noc(C3CCC3)n2)s1. The van der Waals surface area contributed by atoms with Crippen LogP contribution in [0.1, 0.15) is 37.5 Å². The summed E-state index contributed by atoms with van der Waals surface area (Å²) in [5.41, 5.74) is 0. The zero-order valence-electron chi connectivity index (χ0n) is 12.2. The van der Waals surface area contributed by atoms with E-state index < -0.39 is 33.9 Å². The van der Waals surface area contributed by atoms with E-state index in [0.29, 0.717) is 10.8 Å². The highest BCUT2D eigenvalue weighted by Crippen LogP contribution is 2.36. The van der Waals surface area contributed by atoms with Crippen LogP contribution >= 0.6 is 11.3 Å². The first-order chi connectivity index (χ1) is 11.4. The molecule has 0 unspecified atom stereocenters. The number of thiazole rings is 1. The van der Waals surface area contributed by atoms with Gasteiger partial charge in [-0.3, -0.25) is 0 Å². The Morgan fingerprint density at radius 1 is 1.33 bits per heavy atom. The third-order valence-electron chi connectivity index (χ3n) is 3.66. The van der Waals surface area contributed by atoms with Crippen LogP contribution in [0.15, 0.2) is 27.0 Å². The molecule has 1 aliphatic rings. The molecular formula is C13H12F3N3O3S2. The van der Waals surface area contributed by atoms with Gasteiger partial charge in [0.15, 0.2) is 5.83 Å². The van der Waals surface area contributed by atoms with Crippen molar-refractivity contribution in [2.24, 2.45) is 0 Å². The lowest BCUT2D eigenvalue weighted by molar-refractivity contribution is 0.292. The summed E-state index contributed by atoms with van der Waals surface area (Å²) >= 11 is 0.794. The molecule has 130 valence electrons. The molecule has 0 bridgehead atoms. The Kier molecular flexibility index (Phi) is 4.72. The number of sulfone groups is 1. The monoisotopic (exact) mass is 379 g/mol. The number of rotatable bonds is 6. The van der Waals surface area contributed by atoms with Gasteiger partial charge in [-0.15, -0.1) is 0 Å². The van der Waals surface area contributed by atoms with Crippen LogP contribution in [0.25, 0.3) is 10.7 Å². The Bertz CT molecular complexity index is 868. The summed E-state index contributed by atoms with van der Waals surface area (Å²) in [6, 6.07) is 0. The Morgan fingerprint density at radius 2 is 2.08 bits per heavy atom. The fraction of sp³-hybridized carbons (Fsp3) is 0.462. The van der Waals surface area contributed by atoms with Gasteiger partial charge in [0.25, 0.3) is 0 Å². The van der Waals surface area contributed by atoms with Crippen LogP contribution in [0.5, 0.6) is 0 Å². The van der Waals surface area contributed by atoms with Gasteiger partial charge in [0.2, 0.25) is 25.9 Å². The van der Waals surface area contributed by atoms with Crippen molar-refractivity contribution >= 4 is 21.2 Å². The Hall–Kier alpha value is -1.75. The van der Waals surface area contributed by atoms with E-state index in [9.17, 15) is 21.6 Å². The van der Waals surface area contributed by atoms with Crippen molar-refractivity contribution in [2.75, 3.05) is 5.75 Å². The molecule has 0 spiro atoms. The van der Waals surface area contributed by atoms with Gasteiger partial charge in [-0.1, -0.05) is 22.9 Å². The Balaban J connectivity index is 1.74. The molecule has 1 fully saturated rings. The van der Waals surface area contributed by atoms with Crippen molar-refractivity contribution in [2.45, 2.75) is 35.9 Å². The molecule has 3 rings (SSSR count). The summed E-state index contributed by atoms with van der Waals surface area (Å²) in [6.07, 6.45) is 0.932. The van der Waals surface area contributed by atoms with E-state index in [1.165, 1.54) is 6.20 Å². The average Bonchev–Trinajstić information content (AvgIpc) is 3.11. The van der Waals surface area contributed by atoms with Crippen LogP contribution in [0.4, 0.5) is 13.2 Å². The molecule has 0 N–H and O–H groups in total. The van der Waals surface area contributed by atoms with E-state index in [2.05, 4.69) is 15.1 Å². The highest BCUT2D eigenvalue weighted by atomic mass is 32.2. The Morgan fingerprint density at radius 3 is 2.71 bits per heavy atom. The van der Waals surface area contributed by atoms with E-state index in [4.69, 9.17) is 4.52 Å². The van der Waals surface area contributed by atoms with Gasteiger partial charge in [0, 0.05) is 12.3 Å². The van der Waals surface area contributed by atoms with Crippen LogP contribution in [0.3, 0.4) is 0 Å². The molecule has 2 aromatic rings. The van der Waals surface area contributed by atoms with Crippen LogP contribution in [-0.2, 0) is 9.84 Å². The van der Waals surface area contributed by atoms with Crippen LogP contribution < -0.4 is 0 Å². The normalized spacial score (nSPS) is 15.3. The second-order valence-corrected chi connectivity index (χ2v) is 8.62. The zero-order valence-corrected chi connectivity index (χ0v) is 13.8. The predicted octanol–water partition coefficient (Wildman–Crippen LogP) is 3.70. The second-order valence-electron chi connectivity index (χ2n) is 5.31. The van der Waals surface area contributed by atoms with Gasteiger partial charge in [0.05, 0.1) is 16.8 Å².